The maximum absolute atomic E-state index is 12.6. The number of aromatic nitrogens is 2. The predicted octanol–water partition coefficient (Wildman–Crippen LogP) is 0.568. The van der Waals surface area contributed by atoms with Crippen LogP contribution in [0.5, 0.6) is 0 Å². The van der Waals surface area contributed by atoms with Crippen LogP contribution in [0.2, 0.25) is 0 Å². The number of allylic oxidation sites excluding steroid dienone is 1. The summed E-state index contributed by atoms with van der Waals surface area (Å²) in [5, 5.41) is 24.4. The van der Waals surface area contributed by atoms with Gasteiger partial charge in [0.15, 0.2) is 5.60 Å². The number of hydrogen-bond acceptors (Lipinski definition) is 7. The largest absolute Gasteiger partial charge is 0.512 e. The van der Waals surface area contributed by atoms with E-state index in [0.29, 0.717) is 0 Å². The highest BCUT2D eigenvalue weighted by Crippen LogP contribution is 2.47. The third-order valence-electron chi connectivity index (χ3n) is 5.37. The van der Waals surface area contributed by atoms with Crippen molar-refractivity contribution >= 4 is 35.1 Å². The lowest BCUT2D eigenvalue weighted by Crippen LogP contribution is -2.68. The van der Waals surface area contributed by atoms with Gasteiger partial charge in [-0.2, -0.15) is 0 Å². The third kappa shape index (κ3) is 3.36. The minimum Gasteiger partial charge on any atom is -0.512 e. The number of fused-ring (bicyclic) bond motifs is 1. The Balaban J connectivity index is 2.11. The number of halogens is 2. The number of nitrogens with two attached hydrogens (primary N) is 1. The summed E-state index contributed by atoms with van der Waals surface area (Å²) in [6.45, 7) is 2.95. The third-order valence-corrected chi connectivity index (χ3v) is 6.24. The topological polar surface area (TPSA) is 140 Å². The van der Waals surface area contributed by atoms with Crippen LogP contribution in [-0.2, 0) is 14.3 Å². The molecular formula is C17H22Cl2N4O5. The monoisotopic (exact) mass is 432 g/mol. The van der Waals surface area contributed by atoms with Gasteiger partial charge in [0.1, 0.15) is 10.6 Å². The Hall–Kier alpha value is -1.81. The molecule has 11 heteroatoms. The van der Waals surface area contributed by atoms with Crippen molar-refractivity contribution in [1.29, 1.82) is 0 Å². The molecule has 0 spiro atoms. The zero-order chi connectivity index (χ0) is 20.8. The van der Waals surface area contributed by atoms with Gasteiger partial charge in [-0.3, -0.25) is 4.79 Å². The van der Waals surface area contributed by atoms with Gasteiger partial charge < -0.3 is 30.6 Å². The van der Waals surface area contributed by atoms with E-state index in [-0.39, 0.29) is 17.8 Å². The van der Waals surface area contributed by atoms with Gasteiger partial charge in [0, 0.05) is 24.7 Å². The number of ether oxygens (including phenoxy) is 1. The second-order valence-corrected chi connectivity index (χ2v) is 8.40. The molecule has 154 valence electrons. The van der Waals surface area contributed by atoms with Crippen LogP contribution >= 0.6 is 23.2 Å². The molecule has 0 saturated carbocycles. The van der Waals surface area contributed by atoms with E-state index < -0.39 is 52.5 Å². The molecule has 1 amide bonds. The van der Waals surface area contributed by atoms with E-state index in [1.165, 1.54) is 26.4 Å². The molecule has 1 aliphatic heterocycles. The first-order valence-electron chi connectivity index (χ1n) is 8.72. The molecule has 6 atom stereocenters. The Morgan fingerprint density at radius 3 is 2.75 bits per heavy atom. The average Bonchev–Trinajstić information content (AvgIpc) is 3.14. The molecule has 1 fully saturated rings. The van der Waals surface area contributed by atoms with Crippen LogP contribution in [0.1, 0.15) is 26.3 Å². The van der Waals surface area contributed by atoms with Crippen molar-refractivity contribution in [2.45, 2.75) is 54.9 Å². The first-order valence-corrected chi connectivity index (χ1v) is 9.60. The van der Waals surface area contributed by atoms with Gasteiger partial charge in [-0.25, -0.2) is 9.78 Å². The number of carbonyl (C=O) groups is 2. The molecule has 0 radical (unpaired) electrons. The molecule has 9 nitrogen and oxygen atoms in total. The highest BCUT2D eigenvalue weighted by Gasteiger charge is 2.59. The van der Waals surface area contributed by atoms with Gasteiger partial charge in [0.05, 0.1) is 36.1 Å². The van der Waals surface area contributed by atoms with Gasteiger partial charge >= 0.3 is 5.97 Å². The second kappa shape index (κ2) is 7.55. The first-order chi connectivity index (χ1) is 13.1. The van der Waals surface area contributed by atoms with E-state index in [1.54, 1.807) is 10.8 Å². The van der Waals surface area contributed by atoms with Gasteiger partial charge in [0.25, 0.3) is 0 Å². The number of imidazole rings is 1. The molecule has 2 heterocycles. The molecule has 1 saturated heterocycles. The molecular weight excluding hydrogens is 411 g/mol. The molecule has 2 aliphatic rings. The van der Waals surface area contributed by atoms with E-state index in [0.717, 1.165) is 0 Å². The van der Waals surface area contributed by atoms with Gasteiger partial charge in [-0.15, -0.1) is 23.2 Å². The average molecular weight is 433 g/mol. The fourth-order valence-electron chi connectivity index (χ4n) is 3.77. The summed E-state index contributed by atoms with van der Waals surface area (Å²) in [7, 11) is 0. The Morgan fingerprint density at radius 1 is 1.54 bits per heavy atom. The number of cyclic esters (lactones) is 1. The van der Waals surface area contributed by atoms with Crippen LogP contribution in [0.4, 0.5) is 0 Å². The zero-order valence-electron chi connectivity index (χ0n) is 15.3. The second-order valence-electron chi connectivity index (χ2n) is 7.31. The van der Waals surface area contributed by atoms with Crippen molar-refractivity contribution < 1.29 is 24.5 Å². The number of amides is 1. The number of esters is 1. The lowest BCUT2D eigenvalue weighted by atomic mass is 9.70. The quantitative estimate of drug-likeness (QED) is 0.402. The van der Waals surface area contributed by atoms with E-state index >= 15 is 0 Å². The molecule has 5 N–H and O–H groups in total. The van der Waals surface area contributed by atoms with Crippen LogP contribution in [0.15, 0.2) is 30.1 Å². The van der Waals surface area contributed by atoms with Crippen molar-refractivity contribution in [3.63, 3.8) is 0 Å². The highest BCUT2D eigenvalue weighted by molar-refractivity contribution is 6.45. The van der Waals surface area contributed by atoms with Gasteiger partial charge in [-0.1, -0.05) is 0 Å². The van der Waals surface area contributed by atoms with Crippen molar-refractivity contribution in [2.24, 2.45) is 11.7 Å². The SMILES string of the molecule is CC(N)C(=O)N[C@H]1[C@@H]2C(=C(O)C[C@H](n3ccnc3)[C@H]2O)C(=O)O[C@]1(C)C(Cl)Cl. The number of hydrogen-bond donors (Lipinski definition) is 4. The minimum atomic E-state index is -1.56. The Morgan fingerprint density at radius 2 is 2.21 bits per heavy atom. The van der Waals surface area contributed by atoms with E-state index in [1.807, 2.05) is 0 Å². The standard InChI is InChI=1S/C17H22Cl2N4O5/c1-7(20)14(26)22-13-11-10(15(27)28-17(13,2)16(18)19)9(24)5-8(12(11)25)23-4-3-21-6-23/h3-4,6-8,11-13,16,24-25H,5,20H2,1-2H3,(H,22,26)/t7?,8-,11+,12+,13-,17-/m0/s1. The number of carbonyl (C=O) groups excluding carboxylic acids is 2. The Kier molecular flexibility index (Phi) is 5.64. The molecule has 1 aromatic rings. The van der Waals surface area contributed by atoms with Crippen LogP contribution in [0.3, 0.4) is 0 Å². The highest BCUT2D eigenvalue weighted by atomic mass is 35.5. The Labute approximate surface area is 171 Å². The first kappa shape index (κ1) is 20.9. The van der Waals surface area contributed by atoms with Crippen molar-refractivity contribution in [3.8, 4) is 0 Å². The number of aliphatic hydroxyl groups excluding tert-OH is 2. The minimum absolute atomic E-state index is 0.00564. The molecule has 1 aliphatic carbocycles. The number of rotatable bonds is 4. The summed E-state index contributed by atoms with van der Waals surface area (Å²) in [5.74, 6) is -2.64. The van der Waals surface area contributed by atoms with Crippen molar-refractivity contribution in [1.82, 2.24) is 14.9 Å². The van der Waals surface area contributed by atoms with Crippen LogP contribution in [-0.4, -0.2) is 60.3 Å². The fraction of sp³-hybridized carbons (Fsp3) is 0.588. The number of alkyl halides is 2. The van der Waals surface area contributed by atoms with Crippen molar-refractivity contribution in [3.05, 3.63) is 30.1 Å². The summed E-state index contributed by atoms with van der Waals surface area (Å²) >= 11 is 12.2. The lowest BCUT2D eigenvalue weighted by molar-refractivity contribution is -0.171. The molecule has 1 unspecified atom stereocenters. The number of aliphatic hydroxyl groups is 2. The van der Waals surface area contributed by atoms with E-state index in [9.17, 15) is 19.8 Å². The summed E-state index contributed by atoms with van der Waals surface area (Å²) < 4.78 is 7.06. The molecule has 0 bridgehead atoms. The Bertz CT molecular complexity index is 797. The van der Waals surface area contributed by atoms with E-state index in [2.05, 4.69) is 10.3 Å². The smallest absolute Gasteiger partial charge is 0.338 e. The maximum Gasteiger partial charge on any atom is 0.338 e. The summed E-state index contributed by atoms with van der Waals surface area (Å²) in [6, 6.07) is -2.51. The molecule has 0 aromatic carbocycles. The number of nitrogens with one attached hydrogen (secondary N) is 1. The summed E-state index contributed by atoms with van der Waals surface area (Å²) in [5.41, 5.74) is 3.99. The lowest BCUT2D eigenvalue weighted by Gasteiger charge is -2.50. The van der Waals surface area contributed by atoms with Crippen LogP contribution < -0.4 is 11.1 Å². The molecule has 3 rings (SSSR count). The maximum atomic E-state index is 12.6. The van der Waals surface area contributed by atoms with E-state index in [4.69, 9.17) is 33.7 Å². The van der Waals surface area contributed by atoms with Gasteiger partial charge in [0.2, 0.25) is 5.91 Å². The summed E-state index contributed by atoms with van der Waals surface area (Å²) in [4.78, 5) is 27.7. The normalized spacial score (nSPS) is 34.0. The molecule has 28 heavy (non-hydrogen) atoms. The number of nitrogens with zero attached hydrogens (tertiary/aromatic N) is 2. The van der Waals surface area contributed by atoms with Crippen molar-refractivity contribution in [2.75, 3.05) is 0 Å². The summed E-state index contributed by atoms with van der Waals surface area (Å²) in [6.07, 6.45) is 3.49. The van der Waals surface area contributed by atoms with Crippen LogP contribution in [0.25, 0.3) is 0 Å². The fourth-order valence-corrected chi connectivity index (χ4v) is 4.13. The van der Waals surface area contributed by atoms with Gasteiger partial charge in [-0.05, 0) is 13.8 Å². The van der Waals surface area contributed by atoms with Crippen LogP contribution in [0, 0.1) is 5.92 Å². The predicted molar refractivity (Wildman–Crippen MR) is 101 cm³/mol. The zero-order valence-corrected chi connectivity index (χ0v) is 16.8. The molecule has 1 aromatic heterocycles.